The molecule has 0 aliphatic carbocycles. The van der Waals surface area contributed by atoms with Crippen LogP contribution in [0.2, 0.25) is 0 Å². The Morgan fingerprint density at radius 1 is 1.05 bits per heavy atom. The molecule has 0 spiro atoms. The number of aromatic amines is 1. The number of hydrogen-bond acceptors (Lipinski definition) is 6. The van der Waals surface area contributed by atoms with Crippen LogP contribution in [0, 0.1) is 0 Å². The SMILES string of the molecule is CCC1(n2nc(Nc3ccc(C4(C(F)(F)F)CCCCCN4)cc3)c3c(=O)[nH]ccc32)CCN(C(=O)OC(C)(C)C)CC1. The number of amides is 1. The molecule has 5 rings (SSSR count). The number of pyridine rings is 1. The van der Waals surface area contributed by atoms with Crippen LogP contribution in [0.15, 0.2) is 41.3 Å². The first-order chi connectivity index (χ1) is 20.3. The van der Waals surface area contributed by atoms with E-state index in [1.807, 2.05) is 25.5 Å². The largest absolute Gasteiger partial charge is 0.444 e. The fourth-order valence-electron chi connectivity index (χ4n) is 6.38. The van der Waals surface area contributed by atoms with Gasteiger partial charge in [-0.2, -0.15) is 18.3 Å². The zero-order valence-corrected chi connectivity index (χ0v) is 25.2. The summed E-state index contributed by atoms with van der Waals surface area (Å²) < 4.78 is 50.5. The lowest BCUT2D eigenvalue weighted by Gasteiger charge is -2.42. The van der Waals surface area contributed by atoms with Crippen molar-refractivity contribution in [2.24, 2.45) is 0 Å². The Morgan fingerprint density at radius 3 is 2.37 bits per heavy atom. The second kappa shape index (κ2) is 11.5. The van der Waals surface area contributed by atoms with Crippen molar-refractivity contribution in [3.05, 3.63) is 52.4 Å². The number of fused-ring (bicyclic) bond motifs is 1. The minimum Gasteiger partial charge on any atom is -0.444 e. The first kappa shape index (κ1) is 30.9. The third-order valence-electron chi connectivity index (χ3n) is 8.84. The summed E-state index contributed by atoms with van der Waals surface area (Å²) in [5, 5.41) is 11.2. The maximum atomic E-state index is 14.4. The van der Waals surface area contributed by atoms with Gasteiger partial charge in [0.15, 0.2) is 5.82 Å². The fourth-order valence-corrected chi connectivity index (χ4v) is 6.38. The van der Waals surface area contributed by atoms with Gasteiger partial charge in [-0.1, -0.05) is 31.9 Å². The van der Waals surface area contributed by atoms with Gasteiger partial charge in [-0.3, -0.25) is 14.8 Å². The first-order valence-electron chi connectivity index (χ1n) is 15.1. The number of alkyl halides is 3. The number of nitrogens with zero attached hydrogens (tertiary/aromatic N) is 3. The molecule has 234 valence electrons. The first-order valence-corrected chi connectivity index (χ1v) is 15.1. The highest BCUT2D eigenvalue weighted by Gasteiger charge is 2.55. The molecule has 1 amide bonds. The molecule has 1 atom stereocenters. The molecule has 9 nitrogen and oxygen atoms in total. The quantitative estimate of drug-likeness (QED) is 0.307. The number of hydrogen-bond donors (Lipinski definition) is 3. The van der Waals surface area contributed by atoms with Crippen molar-refractivity contribution in [2.45, 2.75) is 95.5 Å². The standard InChI is InChI=1S/C31H41F3N6O3/c1-5-29(15-19-39(20-16-29)27(42)43-28(2,3)4)40-23-13-18-35-26(41)24(23)25(38-40)37-22-11-9-21(10-12-22)30(31(32,33)34)14-7-6-8-17-36-30/h9-13,18,36H,5-8,14-17,19-20H2,1-4H3,(H,35,41)(H,37,38). The van der Waals surface area contributed by atoms with Crippen LogP contribution < -0.4 is 16.2 Å². The summed E-state index contributed by atoms with van der Waals surface area (Å²) in [7, 11) is 0. The van der Waals surface area contributed by atoms with Gasteiger partial charge < -0.3 is 19.9 Å². The topological polar surface area (TPSA) is 104 Å². The maximum absolute atomic E-state index is 14.4. The Hall–Kier alpha value is -3.54. The molecule has 43 heavy (non-hydrogen) atoms. The molecular formula is C31H41F3N6O3. The number of halogens is 3. The molecule has 2 aliphatic heterocycles. The monoisotopic (exact) mass is 602 g/mol. The lowest BCUT2D eigenvalue weighted by Crippen LogP contribution is -2.53. The average molecular weight is 603 g/mol. The van der Waals surface area contributed by atoms with E-state index in [9.17, 15) is 22.8 Å². The summed E-state index contributed by atoms with van der Waals surface area (Å²) in [6.07, 6.45) is 0.688. The number of H-pyrrole nitrogens is 1. The molecule has 1 aromatic carbocycles. The van der Waals surface area contributed by atoms with E-state index in [-0.39, 0.29) is 23.6 Å². The lowest BCUT2D eigenvalue weighted by molar-refractivity contribution is -0.202. The van der Waals surface area contributed by atoms with E-state index >= 15 is 0 Å². The second-order valence-corrected chi connectivity index (χ2v) is 12.7. The molecular weight excluding hydrogens is 561 g/mol. The third kappa shape index (κ3) is 5.98. The van der Waals surface area contributed by atoms with E-state index in [1.54, 1.807) is 29.3 Å². The second-order valence-electron chi connectivity index (χ2n) is 12.7. The van der Waals surface area contributed by atoms with Crippen molar-refractivity contribution in [3.63, 3.8) is 0 Å². The fraction of sp³-hybridized carbons (Fsp3) is 0.581. The Labute approximate surface area is 249 Å². The van der Waals surface area contributed by atoms with E-state index in [4.69, 9.17) is 9.84 Å². The van der Waals surface area contributed by atoms with Gasteiger partial charge in [-0.05, 0) is 83.2 Å². The summed E-state index contributed by atoms with van der Waals surface area (Å²) >= 11 is 0. The van der Waals surface area contributed by atoms with Gasteiger partial charge >= 0.3 is 12.3 Å². The number of carbonyl (C=O) groups is 1. The summed E-state index contributed by atoms with van der Waals surface area (Å²) in [6, 6.07) is 8.01. The average Bonchev–Trinajstić information content (AvgIpc) is 3.13. The Morgan fingerprint density at radius 2 is 1.74 bits per heavy atom. The van der Waals surface area contributed by atoms with E-state index in [0.717, 1.165) is 12.8 Å². The van der Waals surface area contributed by atoms with Gasteiger partial charge in [0, 0.05) is 25.0 Å². The molecule has 12 heteroatoms. The van der Waals surface area contributed by atoms with Gasteiger partial charge in [0.05, 0.1) is 11.1 Å². The summed E-state index contributed by atoms with van der Waals surface area (Å²) in [4.78, 5) is 30.2. The van der Waals surface area contributed by atoms with Crippen molar-refractivity contribution in [1.82, 2.24) is 25.0 Å². The molecule has 2 aliphatic rings. The van der Waals surface area contributed by atoms with Crippen molar-refractivity contribution in [2.75, 3.05) is 25.0 Å². The minimum atomic E-state index is -4.44. The zero-order valence-electron chi connectivity index (χ0n) is 25.2. The smallest absolute Gasteiger partial charge is 0.410 e. The number of aromatic nitrogens is 3. The van der Waals surface area contributed by atoms with Crippen molar-refractivity contribution in [1.29, 1.82) is 0 Å². The molecule has 3 aromatic rings. The van der Waals surface area contributed by atoms with Crippen LogP contribution in [0.4, 0.5) is 29.5 Å². The van der Waals surface area contributed by atoms with Gasteiger partial charge in [0.25, 0.3) is 5.56 Å². The van der Waals surface area contributed by atoms with Crippen LogP contribution in [0.1, 0.15) is 78.2 Å². The number of rotatable bonds is 5. The number of nitrogens with one attached hydrogen (secondary N) is 3. The van der Waals surface area contributed by atoms with E-state index in [0.29, 0.717) is 67.7 Å². The Bertz CT molecular complexity index is 1490. The van der Waals surface area contributed by atoms with E-state index < -0.39 is 22.9 Å². The summed E-state index contributed by atoms with van der Waals surface area (Å²) in [5.74, 6) is 0.324. The molecule has 2 fully saturated rings. The number of likely N-dealkylation sites (tertiary alicyclic amines) is 1. The Balaban J connectivity index is 1.44. The number of anilines is 2. The molecule has 1 unspecified atom stereocenters. The van der Waals surface area contributed by atoms with Crippen molar-refractivity contribution < 1.29 is 22.7 Å². The third-order valence-corrected chi connectivity index (χ3v) is 8.84. The summed E-state index contributed by atoms with van der Waals surface area (Å²) in [5.41, 5.74) is -2.10. The molecule has 0 bridgehead atoms. The molecule has 0 radical (unpaired) electrons. The van der Waals surface area contributed by atoms with Crippen LogP contribution >= 0.6 is 0 Å². The molecule has 2 saturated heterocycles. The number of benzene rings is 1. The van der Waals surface area contributed by atoms with E-state index in [1.165, 1.54) is 12.1 Å². The van der Waals surface area contributed by atoms with Crippen LogP contribution in [0.25, 0.3) is 10.9 Å². The number of piperidine rings is 1. The highest BCUT2D eigenvalue weighted by molar-refractivity contribution is 5.91. The summed E-state index contributed by atoms with van der Waals surface area (Å²) in [6.45, 7) is 8.84. The molecule has 3 N–H and O–H groups in total. The van der Waals surface area contributed by atoms with Crippen LogP contribution in [0.3, 0.4) is 0 Å². The zero-order chi connectivity index (χ0) is 31.0. The van der Waals surface area contributed by atoms with Gasteiger partial charge in [-0.25, -0.2) is 4.79 Å². The molecule has 0 saturated carbocycles. The highest BCUT2D eigenvalue weighted by atomic mass is 19.4. The van der Waals surface area contributed by atoms with E-state index in [2.05, 4.69) is 22.5 Å². The van der Waals surface area contributed by atoms with Crippen molar-refractivity contribution >= 4 is 28.5 Å². The highest BCUT2D eigenvalue weighted by Crippen LogP contribution is 2.44. The Kier molecular flexibility index (Phi) is 8.28. The van der Waals surface area contributed by atoms with Gasteiger partial charge in [-0.15, -0.1) is 0 Å². The van der Waals surface area contributed by atoms with Gasteiger partial charge in [0.2, 0.25) is 0 Å². The normalized spacial score (nSPS) is 21.4. The molecule has 4 heterocycles. The maximum Gasteiger partial charge on any atom is 0.410 e. The van der Waals surface area contributed by atoms with Crippen LogP contribution in [-0.4, -0.2) is 57.2 Å². The van der Waals surface area contributed by atoms with Crippen LogP contribution in [0.5, 0.6) is 0 Å². The van der Waals surface area contributed by atoms with Crippen molar-refractivity contribution in [3.8, 4) is 0 Å². The van der Waals surface area contributed by atoms with Gasteiger partial charge in [0.1, 0.15) is 16.5 Å². The van der Waals surface area contributed by atoms with Crippen LogP contribution in [-0.2, 0) is 15.8 Å². The molecule has 2 aromatic heterocycles. The lowest BCUT2D eigenvalue weighted by atomic mass is 9.84. The number of carbonyl (C=O) groups excluding carboxylic acids is 1. The number of ether oxygens (including phenoxy) is 1. The minimum absolute atomic E-state index is 0.0157. The predicted octanol–water partition coefficient (Wildman–Crippen LogP) is 6.53. The predicted molar refractivity (Wildman–Crippen MR) is 160 cm³/mol.